The van der Waals surface area contributed by atoms with E-state index in [1.807, 2.05) is 0 Å². The molecule has 0 bridgehead atoms. The minimum atomic E-state index is -0.470. The van der Waals surface area contributed by atoms with E-state index in [-0.39, 0.29) is 0 Å². The summed E-state index contributed by atoms with van der Waals surface area (Å²) in [7, 11) is 1.30. The van der Waals surface area contributed by atoms with Gasteiger partial charge in [0.15, 0.2) is 11.4 Å². The first-order valence-corrected chi connectivity index (χ1v) is 6.38. The SMILES string of the molecule is COC(=O)c1ccc(Cl)c(N=C(NC#N)SC)c1. The van der Waals surface area contributed by atoms with Crippen LogP contribution in [-0.2, 0) is 4.74 Å². The number of aliphatic imine (C=N–C) groups is 1. The molecule has 1 aromatic rings. The summed E-state index contributed by atoms with van der Waals surface area (Å²) in [5.74, 6) is -0.470. The molecule has 1 rings (SSSR count). The third-order valence-corrected chi connectivity index (χ3v) is 2.85. The summed E-state index contributed by atoms with van der Waals surface area (Å²) < 4.78 is 4.61. The summed E-state index contributed by atoms with van der Waals surface area (Å²) in [4.78, 5) is 15.5. The van der Waals surface area contributed by atoms with Crippen molar-refractivity contribution in [2.45, 2.75) is 0 Å². The zero-order chi connectivity index (χ0) is 13.5. The molecule has 7 heteroatoms. The minimum absolute atomic E-state index is 0.345. The van der Waals surface area contributed by atoms with Crippen molar-refractivity contribution in [3.05, 3.63) is 28.8 Å². The Hall–Kier alpha value is -1.71. The van der Waals surface area contributed by atoms with Gasteiger partial charge in [-0.25, -0.2) is 9.79 Å². The summed E-state index contributed by atoms with van der Waals surface area (Å²) in [5, 5.41) is 11.7. The van der Waals surface area contributed by atoms with Gasteiger partial charge in [-0.3, -0.25) is 5.32 Å². The number of benzene rings is 1. The molecular formula is C11H10ClN3O2S. The number of nitrogens with zero attached hydrogens (tertiary/aromatic N) is 2. The smallest absolute Gasteiger partial charge is 0.337 e. The molecule has 0 aliphatic heterocycles. The largest absolute Gasteiger partial charge is 0.465 e. The highest BCUT2D eigenvalue weighted by molar-refractivity contribution is 8.13. The van der Waals surface area contributed by atoms with E-state index in [4.69, 9.17) is 16.9 Å². The highest BCUT2D eigenvalue weighted by Crippen LogP contribution is 2.27. The molecule has 1 N–H and O–H groups in total. The number of esters is 1. The maximum absolute atomic E-state index is 11.4. The van der Waals surface area contributed by atoms with Crippen LogP contribution in [0.2, 0.25) is 5.02 Å². The molecule has 0 radical (unpaired) electrons. The fourth-order valence-corrected chi connectivity index (χ4v) is 1.62. The molecule has 5 nitrogen and oxygen atoms in total. The van der Waals surface area contributed by atoms with E-state index in [1.165, 1.54) is 24.9 Å². The van der Waals surface area contributed by atoms with Crippen molar-refractivity contribution in [1.29, 1.82) is 5.26 Å². The Balaban J connectivity index is 3.15. The van der Waals surface area contributed by atoms with E-state index in [0.29, 0.717) is 21.4 Å². The van der Waals surface area contributed by atoms with E-state index >= 15 is 0 Å². The Morgan fingerprint density at radius 2 is 2.33 bits per heavy atom. The van der Waals surface area contributed by atoms with Crippen molar-refractivity contribution < 1.29 is 9.53 Å². The second kappa shape index (κ2) is 6.89. The number of rotatable bonds is 2. The predicted molar refractivity (Wildman–Crippen MR) is 72.2 cm³/mol. The van der Waals surface area contributed by atoms with E-state index in [0.717, 1.165) is 0 Å². The first-order valence-electron chi connectivity index (χ1n) is 4.78. The van der Waals surface area contributed by atoms with E-state index in [9.17, 15) is 4.79 Å². The molecule has 1 aromatic carbocycles. The van der Waals surface area contributed by atoms with Crippen LogP contribution < -0.4 is 5.32 Å². The highest BCUT2D eigenvalue weighted by atomic mass is 35.5. The lowest BCUT2D eigenvalue weighted by molar-refractivity contribution is 0.0601. The van der Waals surface area contributed by atoms with Gasteiger partial charge in [0, 0.05) is 0 Å². The van der Waals surface area contributed by atoms with Gasteiger partial charge in [0.05, 0.1) is 23.4 Å². The fraction of sp³-hybridized carbons (Fsp3) is 0.182. The topological polar surface area (TPSA) is 74.5 Å². The summed E-state index contributed by atoms with van der Waals surface area (Å²) in [6, 6.07) is 4.60. The number of hydrogen-bond acceptors (Lipinski definition) is 5. The Bertz CT molecular complexity index is 526. The Kier molecular flexibility index (Phi) is 5.49. The molecule has 0 saturated carbocycles. The zero-order valence-electron chi connectivity index (χ0n) is 9.73. The van der Waals surface area contributed by atoms with Crippen molar-refractivity contribution in [2.24, 2.45) is 4.99 Å². The van der Waals surface area contributed by atoms with Crippen LogP contribution in [0.4, 0.5) is 5.69 Å². The van der Waals surface area contributed by atoms with Crippen molar-refractivity contribution >= 4 is 40.2 Å². The molecule has 0 aliphatic carbocycles. The van der Waals surface area contributed by atoms with E-state index < -0.39 is 5.97 Å². The van der Waals surface area contributed by atoms with Crippen molar-refractivity contribution in [1.82, 2.24) is 5.32 Å². The maximum Gasteiger partial charge on any atom is 0.337 e. The second-order valence-corrected chi connectivity index (χ2v) is 4.22. The van der Waals surface area contributed by atoms with E-state index in [2.05, 4.69) is 15.0 Å². The van der Waals surface area contributed by atoms with Crippen LogP contribution in [0.3, 0.4) is 0 Å². The molecule has 0 amide bonds. The number of thioether (sulfide) groups is 1. The maximum atomic E-state index is 11.4. The third-order valence-electron chi connectivity index (χ3n) is 1.95. The van der Waals surface area contributed by atoms with Crippen LogP contribution in [0.15, 0.2) is 23.2 Å². The molecule has 0 aromatic heterocycles. The van der Waals surface area contributed by atoms with Gasteiger partial charge in [0.2, 0.25) is 0 Å². The molecule has 0 saturated heterocycles. The van der Waals surface area contributed by atoms with E-state index in [1.54, 1.807) is 24.6 Å². The number of methoxy groups -OCH3 is 1. The van der Waals surface area contributed by atoms with Gasteiger partial charge < -0.3 is 4.74 Å². The number of ether oxygens (including phenoxy) is 1. The van der Waals surface area contributed by atoms with Gasteiger partial charge in [-0.2, -0.15) is 5.26 Å². The molecule has 18 heavy (non-hydrogen) atoms. The number of hydrogen-bond donors (Lipinski definition) is 1. The van der Waals surface area contributed by atoms with Gasteiger partial charge in [0.25, 0.3) is 0 Å². The fourth-order valence-electron chi connectivity index (χ4n) is 1.13. The number of halogens is 1. The van der Waals surface area contributed by atoms with Crippen LogP contribution in [0.25, 0.3) is 0 Å². The summed E-state index contributed by atoms with van der Waals surface area (Å²) in [6.07, 6.45) is 3.54. The summed E-state index contributed by atoms with van der Waals surface area (Å²) >= 11 is 7.23. The molecule has 0 fully saturated rings. The quantitative estimate of drug-likeness (QED) is 0.297. The molecule has 0 heterocycles. The first-order chi connectivity index (χ1) is 8.62. The number of carbonyl (C=O) groups excluding carboxylic acids is 1. The highest BCUT2D eigenvalue weighted by Gasteiger charge is 2.09. The lowest BCUT2D eigenvalue weighted by Gasteiger charge is -2.04. The Morgan fingerprint density at radius 3 is 2.89 bits per heavy atom. The average molecular weight is 284 g/mol. The predicted octanol–water partition coefficient (Wildman–Crippen LogP) is 2.55. The average Bonchev–Trinajstić information content (AvgIpc) is 2.39. The van der Waals surface area contributed by atoms with Crippen molar-refractivity contribution in [3.63, 3.8) is 0 Å². The van der Waals surface area contributed by atoms with Gasteiger partial charge in [0.1, 0.15) is 0 Å². The monoisotopic (exact) mass is 283 g/mol. The van der Waals surface area contributed by atoms with Crippen molar-refractivity contribution in [2.75, 3.05) is 13.4 Å². The minimum Gasteiger partial charge on any atom is -0.465 e. The Morgan fingerprint density at radius 1 is 1.61 bits per heavy atom. The number of nitrogens with one attached hydrogen (secondary N) is 1. The standard InChI is InChI=1S/C11H10ClN3O2S/c1-17-10(16)7-3-4-8(12)9(5-7)15-11(18-2)14-6-13/h3-5H,1-2H3,(H,14,15). The third kappa shape index (κ3) is 3.65. The van der Waals surface area contributed by atoms with Gasteiger partial charge in [-0.1, -0.05) is 23.4 Å². The number of amidine groups is 1. The van der Waals surface area contributed by atoms with Crippen LogP contribution >= 0.6 is 23.4 Å². The van der Waals surface area contributed by atoms with Gasteiger partial charge in [-0.15, -0.1) is 0 Å². The summed E-state index contributed by atoms with van der Waals surface area (Å²) in [6.45, 7) is 0. The molecule has 0 atom stereocenters. The zero-order valence-corrected chi connectivity index (χ0v) is 11.3. The van der Waals surface area contributed by atoms with Gasteiger partial charge >= 0.3 is 5.97 Å². The lowest BCUT2D eigenvalue weighted by atomic mass is 10.2. The number of carbonyl (C=O) groups is 1. The molecule has 94 valence electrons. The van der Waals surface area contributed by atoms with Gasteiger partial charge in [-0.05, 0) is 24.5 Å². The first kappa shape index (κ1) is 14.4. The van der Waals surface area contributed by atoms with Crippen LogP contribution in [0.1, 0.15) is 10.4 Å². The molecule has 0 spiro atoms. The molecular weight excluding hydrogens is 274 g/mol. The normalized spacial score (nSPS) is 10.7. The lowest BCUT2D eigenvalue weighted by Crippen LogP contribution is -2.12. The molecule has 0 aliphatic rings. The van der Waals surface area contributed by atoms with Crippen LogP contribution in [0, 0.1) is 11.5 Å². The molecule has 0 unspecified atom stereocenters. The second-order valence-electron chi connectivity index (χ2n) is 3.02. The Labute approximate surface area is 114 Å². The van der Waals surface area contributed by atoms with Crippen LogP contribution in [0.5, 0.6) is 0 Å². The van der Waals surface area contributed by atoms with Crippen molar-refractivity contribution in [3.8, 4) is 6.19 Å². The number of nitriles is 1. The van der Waals surface area contributed by atoms with Crippen LogP contribution in [-0.4, -0.2) is 24.5 Å². The summed E-state index contributed by atoms with van der Waals surface area (Å²) in [5.41, 5.74) is 0.740.